The highest BCUT2D eigenvalue weighted by Gasteiger charge is 2.25. The van der Waals surface area contributed by atoms with E-state index in [4.69, 9.17) is 4.99 Å². The number of nitrogens with zero attached hydrogens (tertiary/aromatic N) is 4. The summed E-state index contributed by atoms with van der Waals surface area (Å²) >= 11 is 1.76. The number of fused-ring (bicyclic) bond motifs is 1. The molecule has 31 heavy (non-hydrogen) atoms. The van der Waals surface area contributed by atoms with Crippen LogP contribution >= 0.6 is 35.3 Å². The average Bonchev–Trinajstić information content (AvgIpc) is 3.38. The van der Waals surface area contributed by atoms with Crippen LogP contribution in [-0.4, -0.2) is 48.1 Å². The number of aromatic nitrogens is 2. The molecule has 166 valence electrons. The lowest BCUT2D eigenvalue weighted by Crippen LogP contribution is -2.44. The van der Waals surface area contributed by atoms with E-state index in [-0.39, 0.29) is 35.8 Å². The molecule has 1 atom stereocenters. The van der Waals surface area contributed by atoms with Crippen molar-refractivity contribution < 1.29 is 4.39 Å². The van der Waals surface area contributed by atoms with Crippen LogP contribution in [0.1, 0.15) is 24.8 Å². The first-order valence-corrected chi connectivity index (χ1v) is 11.3. The topological polar surface area (TPSA) is 65.4 Å². The van der Waals surface area contributed by atoms with Crippen LogP contribution in [0.3, 0.4) is 0 Å². The van der Waals surface area contributed by atoms with E-state index in [0.29, 0.717) is 12.4 Å². The van der Waals surface area contributed by atoms with Crippen molar-refractivity contribution in [2.45, 2.75) is 32.2 Å². The first kappa shape index (κ1) is 23.6. The third-order valence-electron chi connectivity index (χ3n) is 5.07. The summed E-state index contributed by atoms with van der Waals surface area (Å²) in [6, 6.07) is 11.5. The Morgan fingerprint density at radius 1 is 1.29 bits per heavy atom. The molecule has 0 radical (unpaired) electrons. The number of anilines is 1. The Morgan fingerprint density at radius 2 is 2.16 bits per heavy atom. The fourth-order valence-electron chi connectivity index (χ4n) is 3.64. The summed E-state index contributed by atoms with van der Waals surface area (Å²) in [6.45, 7) is 5.08. The van der Waals surface area contributed by atoms with Crippen LogP contribution in [0.4, 0.5) is 10.2 Å². The molecule has 0 spiro atoms. The van der Waals surface area contributed by atoms with Crippen molar-refractivity contribution in [3.8, 4) is 0 Å². The molecule has 0 amide bonds. The third kappa shape index (κ3) is 6.25. The van der Waals surface area contributed by atoms with E-state index in [2.05, 4.69) is 45.7 Å². The molecule has 1 saturated heterocycles. The number of hydrogen-bond donors (Lipinski definition) is 2. The van der Waals surface area contributed by atoms with E-state index in [0.717, 1.165) is 55.4 Å². The van der Waals surface area contributed by atoms with E-state index in [1.807, 2.05) is 11.0 Å². The molecule has 2 N–H and O–H groups in total. The summed E-state index contributed by atoms with van der Waals surface area (Å²) in [5.74, 6) is 0.975. The molecule has 1 aliphatic heterocycles. The third-order valence-corrected chi connectivity index (χ3v) is 6.16. The first-order chi connectivity index (χ1) is 14.7. The minimum absolute atomic E-state index is 0. The Balaban J connectivity index is 0.00000272. The Hall–Kier alpha value is -2.01. The van der Waals surface area contributed by atoms with Gasteiger partial charge in [0.05, 0.1) is 15.2 Å². The zero-order chi connectivity index (χ0) is 20.8. The minimum Gasteiger partial charge on any atom is -0.357 e. The van der Waals surface area contributed by atoms with E-state index in [9.17, 15) is 4.39 Å². The van der Waals surface area contributed by atoms with Gasteiger partial charge in [-0.2, -0.15) is 0 Å². The molecule has 2 aromatic heterocycles. The number of guanidine groups is 1. The van der Waals surface area contributed by atoms with Crippen LogP contribution in [0, 0.1) is 5.82 Å². The molecule has 4 rings (SSSR count). The zero-order valence-corrected chi connectivity index (χ0v) is 20.7. The number of aryl methyl sites for hydroxylation is 1. The van der Waals surface area contributed by atoms with Gasteiger partial charge in [0.15, 0.2) is 17.6 Å². The van der Waals surface area contributed by atoms with Gasteiger partial charge in [0.2, 0.25) is 0 Å². The van der Waals surface area contributed by atoms with Crippen molar-refractivity contribution in [3.63, 3.8) is 0 Å². The highest BCUT2D eigenvalue weighted by molar-refractivity contribution is 14.0. The van der Waals surface area contributed by atoms with Crippen LogP contribution in [0.2, 0.25) is 0 Å². The second kappa shape index (κ2) is 11.6. The molecule has 0 saturated carbocycles. The number of hydrogen-bond acceptors (Lipinski definition) is 5. The number of thiazole rings is 1. The largest absolute Gasteiger partial charge is 0.357 e. The molecule has 0 aliphatic carbocycles. The average molecular weight is 554 g/mol. The van der Waals surface area contributed by atoms with Crippen molar-refractivity contribution in [1.82, 2.24) is 20.6 Å². The maximum atomic E-state index is 14.0. The maximum absolute atomic E-state index is 14.0. The molecule has 1 unspecified atom stereocenters. The minimum atomic E-state index is -0.270. The van der Waals surface area contributed by atoms with Crippen LogP contribution < -0.4 is 15.5 Å². The molecule has 6 nitrogen and oxygen atoms in total. The normalized spacial score (nSPS) is 16.4. The van der Waals surface area contributed by atoms with Crippen LogP contribution in [0.25, 0.3) is 10.2 Å². The fraction of sp³-hybridized carbons (Fsp3) is 0.409. The van der Waals surface area contributed by atoms with E-state index in [1.165, 1.54) is 10.8 Å². The lowest BCUT2D eigenvalue weighted by atomic mass is 10.3. The van der Waals surface area contributed by atoms with E-state index >= 15 is 0 Å². The van der Waals surface area contributed by atoms with Gasteiger partial charge in [-0.15, -0.1) is 35.3 Å². The monoisotopic (exact) mass is 554 g/mol. The van der Waals surface area contributed by atoms with Gasteiger partial charge in [-0.1, -0.05) is 12.1 Å². The summed E-state index contributed by atoms with van der Waals surface area (Å²) in [4.78, 5) is 15.6. The molecular weight excluding hydrogens is 526 g/mol. The molecule has 3 aromatic rings. The standard InChI is InChI=1S/C22H27FN6S.HI/c1-2-24-22(26-13-6-10-20-28-18-8-3-4-9-19(18)30-20)27-16-11-14-29(15-16)21-17(23)7-5-12-25-21;/h3-5,7-9,12,16H,2,6,10-11,13-15H2,1H3,(H2,24,26,27);1H. The number of pyridine rings is 1. The second-order valence-corrected chi connectivity index (χ2v) is 8.44. The lowest BCUT2D eigenvalue weighted by molar-refractivity contribution is 0.612. The highest BCUT2D eigenvalue weighted by atomic mass is 127. The Morgan fingerprint density at radius 3 is 2.97 bits per heavy atom. The summed E-state index contributed by atoms with van der Waals surface area (Å²) < 4.78 is 15.2. The summed E-state index contributed by atoms with van der Waals surface area (Å²) in [7, 11) is 0. The van der Waals surface area contributed by atoms with Gasteiger partial charge in [-0.05, 0) is 44.0 Å². The molecule has 3 heterocycles. The van der Waals surface area contributed by atoms with Gasteiger partial charge in [0.25, 0.3) is 0 Å². The van der Waals surface area contributed by atoms with Gasteiger partial charge in [0.1, 0.15) is 0 Å². The summed E-state index contributed by atoms with van der Waals surface area (Å²) in [5.41, 5.74) is 1.08. The number of nitrogens with one attached hydrogen (secondary N) is 2. The second-order valence-electron chi connectivity index (χ2n) is 7.32. The smallest absolute Gasteiger partial charge is 0.191 e. The predicted octanol–water partition coefficient (Wildman–Crippen LogP) is 4.22. The summed E-state index contributed by atoms with van der Waals surface area (Å²) in [5, 5.41) is 7.96. The van der Waals surface area contributed by atoms with Gasteiger partial charge in [0, 0.05) is 44.8 Å². The Labute approximate surface area is 203 Å². The van der Waals surface area contributed by atoms with Crippen molar-refractivity contribution in [2.75, 3.05) is 31.1 Å². The Kier molecular flexibility index (Phi) is 8.82. The van der Waals surface area contributed by atoms with Gasteiger partial charge in [-0.25, -0.2) is 14.4 Å². The number of para-hydroxylation sites is 1. The van der Waals surface area contributed by atoms with Crippen LogP contribution in [0.5, 0.6) is 0 Å². The molecule has 1 fully saturated rings. The number of aliphatic imine (C=N–C) groups is 1. The van der Waals surface area contributed by atoms with Crippen LogP contribution in [-0.2, 0) is 6.42 Å². The molecule has 9 heteroatoms. The molecule has 1 aromatic carbocycles. The SMILES string of the molecule is CCNC(=NCCCc1nc2ccccc2s1)NC1CCN(c2ncccc2F)C1.I. The number of benzene rings is 1. The Bertz CT molecular complexity index is 977. The zero-order valence-electron chi connectivity index (χ0n) is 17.6. The molecule has 0 bridgehead atoms. The maximum Gasteiger partial charge on any atom is 0.191 e. The van der Waals surface area contributed by atoms with Crippen molar-refractivity contribution >= 4 is 57.3 Å². The van der Waals surface area contributed by atoms with Gasteiger partial charge in [-0.3, -0.25) is 4.99 Å². The van der Waals surface area contributed by atoms with Crippen molar-refractivity contribution in [3.05, 3.63) is 53.4 Å². The predicted molar refractivity (Wildman–Crippen MR) is 137 cm³/mol. The quantitative estimate of drug-likeness (QED) is 0.198. The first-order valence-electron chi connectivity index (χ1n) is 10.5. The number of rotatable bonds is 7. The highest BCUT2D eigenvalue weighted by Crippen LogP contribution is 2.22. The van der Waals surface area contributed by atoms with Crippen LogP contribution in [0.15, 0.2) is 47.6 Å². The summed E-state index contributed by atoms with van der Waals surface area (Å²) in [6.07, 6.45) is 4.44. The lowest BCUT2D eigenvalue weighted by Gasteiger charge is -2.19. The van der Waals surface area contributed by atoms with Gasteiger partial charge >= 0.3 is 0 Å². The van der Waals surface area contributed by atoms with Crippen molar-refractivity contribution in [2.24, 2.45) is 4.99 Å². The van der Waals surface area contributed by atoms with E-state index in [1.54, 1.807) is 23.6 Å². The van der Waals surface area contributed by atoms with E-state index < -0.39 is 0 Å². The van der Waals surface area contributed by atoms with Crippen molar-refractivity contribution in [1.29, 1.82) is 0 Å². The molecule has 1 aliphatic rings. The molecular formula is C22H28FIN6S. The van der Waals surface area contributed by atoms with Gasteiger partial charge < -0.3 is 15.5 Å². The number of halogens is 2. The fourth-order valence-corrected chi connectivity index (χ4v) is 4.65.